The number of rotatable bonds is 5. The maximum absolute atomic E-state index is 6.00. The maximum atomic E-state index is 6.00. The molecule has 0 aliphatic rings. The molecule has 1 heterocycles. The number of thioether (sulfide) groups is 1. The number of benzene rings is 1. The summed E-state index contributed by atoms with van der Waals surface area (Å²) in [4.78, 5) is 8.75. The van der Waals surface area contributed by atoms with Gasteiger partial charge in [-0.05, 0) is 18.1 Å². The van der Waals surface area contributed by atoms with Gasteiger partial charge in [0.05, 0.1) is 0 Å². The van der Waals surface area contributed by atoms with E-state index in [1.807, 2.05) is 24.3 Å². The Hall–Kier alpha value is -1.06. The van der Waals surface area contributed by atoms with Gasteiger partial charge in [0.2, 0.25) is 0 Å². The molecule has 1 aromatic carbocycles. The molecular weight excluding hydrogens is 264 g/mol. The Morgan fingerprint density at radius 2 is 1.94 bits per heavy atom. The number of aromatic nitrogens is 2. The third kappa shape index (κ3) is 4.00. The van der Waals surface area contributed by atoms with Gasteiger partial charge in [-0.1, -0.05) is 67.0 Å². The van der Waals surface area contributed by atoms with Crippen LogP contribution in [0.1, 0.15) is 24.6 Å². The zero-order valence-corrected chi connectivity index (χ0v) is 11.8. The highest BCUT2D eigenvalue weighted by atomic mass is 35.5. The van der Waals surface area contributed by atoms with Crippen LogP contribution in [0.3, 0.4) is 0 Å². The fraction of sp³-hybridized carbons (Fsp3) is 0.286. The second-order valence-corrected chi connectivity index (χ2v) is 5.32. The Labute approximate surface area is 117 Å². The molecule has 0 fully saturated rings. The molecule has 0 unspecified atom stereocenters. The highest BCUT2D eigenvalue weighted by molar-refractivity contribution is 7.98. The Morgan fingerprint density at radius 1 is 1.17 bits per heavy atom. The predicted octanol–water partition coefficient (Wildman–Crippen LogP) is 4.37. The van der Waals surface area contributed by atoms with Gasteiger partial charge in [0.25, 0.3) is 0 Å². The first-order valence-electron chi connectivity index (χ1n) is 5.98. The Balaban J connectivity index is 2.05. The van der Waals surface area contributed by atoms with Crippen molar-refractivity contribution in [1.29, 1.82) is 0 Å². The van der Waals surface area contributed by atoms with Crippen molar-refractivity contribution in [3.63, 3.8) is 0 Å². The van der Waals surface area contributed by atoms with E-state index >= 15 is 0 Å². The molecule has 0 atom stereocenters. The third-order valence-corrected chi connectivity index (χ3v) is 3.56. The van der Waals surface area contributed by atoms with Crippen molar-refractivity contribution in [2.45, 2.75) is 30.7 Å². The van der Waals surface area contributed by atoms with E-state index in [2.05, 4.69) is 29.0 Å². The van der Waals surface area contributed by atoms with E-state index in [9.17, 15) is 0 Å². The summed E-state index contributed by atoms with van der Waals surface area (Å²) in [5.41, 5.74) is 2.29. The topological polar surface area (TPSA) is 25.8 Å². The quantitative estimate of drug-likeness (QED) is 0.461. The van der Waals surface area contributed by atoms with Crippen LogP contribution in [0.5, 0.6) is 0 Å². The molecule has 1 aromatic heterocycles. The van der Waals surface area contributed by atoms with Crippen LogP contribution < -0.4 is 0 Å². The van der Waals surface area contributed by atoms with Gasteiger partial charge < -0.3 is 0 Å². The fourth-order valence-electron chi connectivity index (χ4n) is 1.61. The first-order chi connectivity index (χ1) is 8.78. The van der Waals surface area contributed by atoms with E-state index in [0.29, 0.717) is 5.15 Å². The second-order valence-electron chi connectivity index (χ2n) is 3.99. The molecule has 0 radical (unpaired) electrons. The Kier molecular flexibility index (Phi) is 5.02. The molecular formula is C14H15ClN2S. The van der Waals surface area contributed by atoms with Gasteiger partial charge in [0.1, 0.15) is 5.15 Å². The van der Waals surface area contributed by atoms with E-state index in [1.165, 1.54) is 5.56 Å². The lowest BCUT2D eigenvalue weighted by molar-refractivity contribution is 0.827. The number of hydrogen-bond donors (Lipinski definition) is 0. The average molecular weight is 279 g/mol. The standard InChI is InChI=1S/C14H15ClN2S/c1-2-6-12-9-13(15)17-14(16-12)18-10-11-7-4-3-5-8-11/h3-5,7-9H,2,6,10H2,1H3. The summed E-state index contributed by atoms with van der Waals surface area (Å²) in [6.07, 6.45) is 2.01. The number of hydrogen-bond acceptors (Lipinski definition) is 3. The SMILES string of the molecule is CCCc1cc(Cl)nc(SCc2ccccc2)n1. The average Bonchev–Trinajstić information content (AvgIpc) is 2.37. The molecule has 2 aromatic rings. The van der Waals surface area contributed by atoms with Crippen LogP contribution in [0.4, 0.5) is 0 Å². The monoisotopic (exact) mass is 278 g/mol. The predicted molar refractivity (Wildman–Crippen MR) is 77.0 cm³/mol. The van der Waals surface area contributed by atoms with Crippen molar-refractivity contribution >= 4 is 23.4 Å². The van der Waals surface area contributed by atoms with E-state index in [-0.39, 0.29) is 0 Å². The van der Waals surface area contributed by atoms with E-state index in [0.717, 1.165) is 29.4 Å². The third-order valence-electron chi connectivity index (χ3n) is 2.44. The van der Waals surface area contributed by atoms with Crippen molar-refractivity contribution in [3.8, 4) is 0 Å². The normalized spacial score (nSPS) is 10.6. The first-order valence-corrected chi connectivity index (χ1v) is 7.34. The molecule has 0 bridgehead atoms. The maximum Gasteiger partial charge on any atom is 0.189 e. The van der Waals surface area contributed by atoms with Crippen LogP contribution in [0.2, 0.25) is 5.15 Å². The number of halogens is 1. The second kappa shape index (κ2) is 6.76. The van der Waals surface area contributed by atoms with Crippen molar-refractivity contribution in [1.82, 2.24) is 9.97 Å². The summed E-state index contributed by atoms with van der Waals surface area (Å²) < 4.78 is 0. The highest BCUT2D eigenvalue weighted by Crippen LogP contribution is 2.21. The molecule has 4 heteroatoms. The van der Waals surface area contributed by atoms with Gasteiger partial charge in [0, 0.05) is 11.4 Å². The Morgan fingerprint density at radius 3 is 2.67 bits per heavy atom. The van der Waals surface area contributed by atoms with Gasteiger partial charge >= 0.3 is 0 Å². The van der Waals surface area contributed by atoms with E-state index in [1.54, 1.807) is 11.8 Å². The molecule has 0 amide bonds. The molecule has 2 nitrogen and oxygen atoms in total. The van der Waals surface area contributed by atoms with Gasteiger partial charge in [-0.25, -0.2) is 9.97 Å². The van der Waals surface area contributed by atoms with Gasteiger partial charge in [0.15, 0.2) is 5.16 Å². The molecule has 0 N–H and O–H groups in total. The molecule has 94 valence electrons. The summed E-state index contributed by atoms with van der Waals surface area (Å²) in [7, 11) is 0. The van der Waals surface area contributed by atoms with Crippen LogP contribution in [0, 0.1) is 0 Å². The number of aryl methyl sites for hydroxylation is 1. The lowest BCUT2D eigenvalue weighted by Gasteiger charge is -2.04. The molecule has 18 heavy (non-hydrogen) atoms. The Bertz CT molecular complexity index is 502. The molecule has 0 aliphatic carbocycles. The summed E-state index contributed by atoms with van der Waals surface area (Å²) in [6.45, 7) is 2.13. The van der Waals surface area contributed by atoms with Crippen molar-refractivity contribution in [2.24, 2.45) is 0 Å². The number of nitrogens with zero attached hydrogens (tertiary/aromatic N) is 2. The zero-order valence-electron chi connectivity index (χ0n) is 10.3. The zero-order chi connectivity index (χ0) is 12.8. The smallest absolute Gasteiger partial charge is 0.189 e. The minimum Gasteiger partial charge on any atom is -0.228 e. The lowest BCUT2D eigenvalue weighted by atomic mass is 10.2. The summed E-state index contributed by atoms with van der Waals surface area (Å²) in [5, 5.41) is 1.29. The largest absolute Gasteiger partial charge is 0.228 e. The van der Waals surface area contributed by atoms with Crippen LogP contribution in [0.15, 0.2) is 41.6 Å². The van der Waals surface area contributed by atoms with Crippen LogP contribution in [0.25, 0.3) is 0 Å². The van der Waals surface area contributed by atoms with Gasteiger partial charge in [-0.15, -0.1) is 0 Å². The van der Waals surface area contributed by atoms with E-state index in [4.69, 9.17) is 11.6 Å². The minimum absolute atomic E-state index is 0.531. The molecule has 0 aliphatic heterocycles. The first kappa shape index (κ1) is 13.4. The van der Waals surface area contributed by atoms with Crippen LogP contribution in [-0.2, 0) is 12.2 Å². The molecule has 0 spiro atoms. The van der Waals surface area contributed by atoms with Gasteiger partial charge in [-0.2, -0.15) is 0 Å². The molecule has 2 rings (SSSR count). The highest BCUT2D eigenvalue weighted by Gasteiger charge is 2.04. The summed E-state index contributed by atoms with van der Waals surface area (Å²) >= 11 is 7.62. The van der Waals surface area contributed by atoms with Crippen molar-refractivity contribution < 1.29 is 0 Å². The van der Waals surface area contributed by atoms with Crippen molar-refractivity contribution in [2.75, 3.05) is 0 Å². The van der Waals surface area contributed by atoms with Crippen LogP contribution >= 0.6 is 23.4 Å². The molecule has 0 saturated carbocycles. The van der Waals surface area contributed by atoms with E-state index < -0.39 is 0 Å². The summed E-state index contributed by atoms with van der Waals surface area (Å²) in [6, 6.07) is 12.1. The minimum atomic E-state index is 0.531. The van der Waals surface area contributed by atoms with Crippen molar-refractivity contribution in [3.05, 3.63) is 52.8 Å². The fourth-order valence-corrected chi connectivity index (χ4v) is 2.70. The molecule has 0 saturated heterocycles. The summed E-state index contributed by atoms with van der Waals surface area (Å²) in [5.74, 6) is 0.868. The lowest BCUT2D eigenvalue weighted by Crippen LogP contribution is -1.95. The van der Waals surface area contributed by atoms with Crippen LogP contribution in [-0.4, -0.2) is 9.97 Å². The van der Waals surface area contributed by atoms with Gasteiger partial charge in [-0.3, -0.25) is 0 Å².